The van der Waals surface area contributed by atoms with Crippen molar-refractivity contribution in [3.05, 3.63) is 163 Å². The molecule has 0 unspecified atom stereocenters. The van der Waals surface area contributed by atoms with E-state index in [0.29, 0.717) is 5.69 Å². The first-order valence-corrected chi connectivity index (χ1v) is 16.8. The van der Waals surface area contributed by atoms with Crippen LogP contribution in [0.1, 0.15) is 0 Å². The zero-order valence-corrected chi connectivity index (χ0v) is 26.7. The molecule has 0 fully saturated rings. The van der Waals surface area contributed by atoms with E-state index in [0.717, 1.165) is 99.5 Å². The highest BCUT2D eigenvalue weighted by Crippen LogP contribution is 2.54. The minimum absolute atomic E-state index is 0.613. The number of hydrogen-bond acceptors (Lipinski definition) is 2. The predicted molar refractivity (Wildman–Crippen MR) is 205 cm³/mol. The number of ether oxygens (including phenoxy) is 2. The summed E-state index contributed by atoms with van der Waals surface area (Å²) in [5, 5.41) is 8.93. The van der Waals surface area contributed by atoms with Gasteiger partial charge >= 0.3 is 0 Å². The summed E-state index contributed by atoms with van der Waals surface area (Å²) in [6.07, 6.45) is 0. The number of para-hydroxylation sites is 2. The van der Waals surface area contributed by atoms with Crippen molar-refractivity contribution in [2.24, 2.45) is 0 Å². The number of benzene rings is 9. The second-order valence-corrected chi connectivity index (χ2v) is 13.0. The molecule has 0 aromatic heterocycles. The Balaban J connectivity index is 1.26. The summed E-state index contributed by atoms with van der Waals surface area (Å²) < 4.78 is 13.0. The molecule has 0 N–H and O–H groups in total. The van der Waals surface area contributed by atoms with E-state index in [1.165, 1.54) is 11.1 Å². The number of fused-ring (bicyclic) bond motifs is 6. The van der Waals surface area contributed by atoms with Crippen LogP contribution in [0.25, 0.3) is 92.4 Å². The first-order chi connectivity index (χ1) is 24.8. The molecule has 0 spiro atoms. The first kappa shape index (κ1) is 27.1. The van der Waals surface area contributed by atoms with Crippen molar-refractivity contribution in [2.45, 2.75) is 0 Å². The van der Waals surface area contributed by atoms with Gasteiger partial charge in [-0.15, -0.1) is 0 Å². The van der Waals surface area contributed by atoms with E-state index in [1.807, 2.05) is 30.3 Å². The van der Waals surface area contributed by atoms with Gasteiger partial charge in [0, 0.05) is 21.9 Å². The van der Waals surface area contributed by atoms with Crippen molar-refractivity contribution in [1.29, 1.82) is 0 Å². The molecule has 2 aliphatic heterocycles. The third-order valence-corrected chi connectivity index (χ3v) is 10.5. The standard InChI is InChI=1S/C47H25NO2/c1-48-27-20-21-38-39(26-27)45(36-23-22-35-29-11-5-7-18-41(29)49-42-19-9-16-34(36)47(35)42)32-13-3-2-12-31(32)44(38)37-24-25-43-46-30(14-8-15-33(37)46)28-10-4-6-17-40(28)50-43/h2-26H. The van der Waals surface area contributed by atoms with E-state index in [2.05, 4.69) is 126 Å². The summed E-state index contributed by atoms with van der Waals surface area (Å²) >= 11 is 0. The molecular weight excluding hydrogens is 611 g/mol. The van der Waals surface area contributed by atoms with Crippen LogP contribution in [0, 0.1) is 6.57 Å². The summed E-state index contributed by atoms with van der Waals surface area (Å²) in [5.41, 5.74) is 9.67. The molecule has 3 heteroatoms. The third-order valence-electron chi connectivity index (χ3n) is 10.5. The smallest absolute Gasteiger partial charge is 0.187 e. The molecule has 0 radical (unpaired) electrons. The molecule has 11 rings (SSSR count). The molecule has 0 saturated carbocycles. The molecule has 50 heavy (non-hydrogen) atoms. The predicted octanol–water partition coefficient (Wildman–Crippen LogP) is 13.7. The molecule has 0 bridgehead atoms. The van der Waals surface area contributed by atoms with Gasteiger partial charge in [-0.3, -0.25) is 0 Å². The van der Waals surface area contributed by atoms with Crippen LogP contribution in [0.15, 0.2) is 152 Å². The number of nitrogens with zero attached hydrogens (tertiary/aromatic N) is 1. The van der Waals surface area contributed by atoms with Gasteiger partial charge in [-0.1, -0.05) is 115 Å². The van der Waals surface area contributed by atoms with Gasteiger partial charge in [-0.25, -0.2) is 4.85 Å². The topological polar surface area (TPSA) is 22.8 Å². The lowest BCUT2D eigenvalue weighted by Gasteiger charge is -2.25. The van der Waals surface area contributed by atoms with E-state index >= 15 is 0 Å². The van der Waals surface area contributed by atoms with E-state index in [4.69, 9.17) is 16.0 Å². The number of rotatable bonds is 2. The summed E-state index contributed by atoms with van der Waals surface area (Å²) in [6.45, 7) is 8.00. The van der Waals surface area contributed by atoms with Crippen molar-refractivity contribution < 1.29 is 9.47 Å². The lowest BCUT2D eigenvalue weighted by molar-refractivity contribution is 0.487. The molecule has 0 saturated heterocycles. The maximum Gasteiger partial charge on any atom is 0.187 e. The fourth-order valence-electron chi connectivity index (χ4n) is 8.41. The van der Waals surface area contributed by atoms with Crippen molar-refractivity contribution in [3.63, 3.8) is 0 Å². The normalized spacial score (nSPS) is 12.3. The molecule has 230 valence electrons. The summed E-state index contributed by atoms with van der Waals surface area (Å²) in [5.74, 6) is 3.48. The van der Waals surface area contributed by atoms with Crippen LogP contribution in [0.5, 0.6) is 23.0 Å². The van der Waals surface area contributed by atoms with Crippen LogP contribution >= 0.6 is 0 Å². The highest BCUT2D eigenvalue weighted by Gasteiger charge is 2.26. The second kappa shape index (κ2) is 10.1. The Morgan fingerprint density at radius 2 is 0.800 bits per heavy atom. The van der Waals surface area contributed by atoms with Gasteiger partial charge in [-0.05, 0) is 102 Å². The van der Waals surface area contributed by atoms with Crippen LogP contribution in [0.2, 0.25) is 0 Å². The maximum absolute atomic E-state index is 8.00. The SMILES string of the molecule is [C-]#[N+]c1ccc2c(-c3ccc4c5c(cccc35)-c3ccccc3O4)c3ccccc3c(-c3ccc4c5c(cccc35)Oc3ccccc3-4)c2c1. The monoisotopic (exact) mass is 635 g/mol. The molecule has 3 nitrogen and oxygen atoms in total. The molecule has 2 aliphatic rings. The minimum Gasteiger partial charge on any atom is -0.456 e. The fraction of sp³-hybridized carbons (Fsp3) is 0. The first-order valence-electron chi connectivity index (χ1n) is 16.8. The Hall–Kier alpha value is -6.89. The quantitative estimate of drug-likeness (QED) is 0.139. The van der Waals surface area contributed by atoms with Crippen molar-refractivity contribution in [3.8, 4) is 67.5 Å². The summed E-state index contributed by atoms with van der Waals surface area (Å²) in [4.78, 5) is 3.90. The van der Waals surface area contributed by atoms with Gasteiger partial charge in [0.15, 0.2) is 5.69 Å². The molecular formula is C47H25NO2. The Bertz CT molecular complexity index is 3000. The van der Waals surface area contributed by atoms with Crippen molar-refractivity contribution in [1.82, 2.24) is 0 Å². The molecule has 2 heterocycles. The van der Waals surface area contributed by atoms with Crippen LogP contribution in [-0.4, -0.2) is 0 Å². The Morgan fingerprint density at radius 1 is 0.340 bits per heavy atom. The van der Waals surface area contributed by atoms with E-state index in [-0.39, 0.29) is 0 Å². The van der Waals surface area contributed by atoms with E-state index in [9.17, 15) is 0 Å². The highest BCUT2D eigenvalue weighted by molar-refractivity contribution is 6.27. The summed E-state index contributed by atoms with van der Waals surface area (Å²) in [6, 6.07) is 53.1. The van der Waals surface area contributed by atoms with Gasteiger partial charge in [0.1, 0.15) is 23.0 Å². The lowest BCUT2D eigenvalue weighted by atomic mass is 9.82. The van der Waals surface area contributed by atoms with Crippen molar-refractivity contribution >= 4 is 48.8 Å². The van der Waals surface area contributed by atoms with Crippen LogP contribution < -0.4 is 9.47 Å². The van der Waals surface area contributed by atoms with Gasteiger partial charge in [-0.2, -0.15) is 0 Å². The molecule has 0 atom stereocenters. The Labute approximate surface area is 288 Å². The maximum atomic E-state index is 8.00. The van der Waals surface area contributed by atoms with E-state index in [1.54, 1.807) is 0 Å². The Morgan fingerprint density at radius 3 is 1.48 bits per heavy atom. The highest BCUT2D eigenvalue weighted by atomic mass is 16.5. The van der Waals surface area contributed by atoms with Gasteiger partial charge in [0.05, 0.1) is 6.57 Å². The van der Waals surface area contributed by atoms with Crippen molar-refractivity contribution in [2.75, 3.05) is 0 Å². The molecule has 9 aromatic rings. The average molecular weight is 636 g/mol. The lowest BCUT2D eigenvalue weighted by Crippen LogP contribution is -1.99. The fourth-order valence-corrected chi connectivity index (χ4v) is 8.41. The van der Waals surface area contributed by atoms with E-state index < -0.39 is 0 Å². The second-order valence-electron chi connectivity index (χ2n) is 13.0. The molecule has 9 aromatic carbocycles. The summed E-state index contributed by atoms with van der Waals surface area (Å²) in [7, 11) is 0. The zero-order valence-electron chi connectivity index (χ0n) is 26.7. The van der Waals surface area contributed by atoms with Gasteiger partial charge in [0.2, 0.25) is 0 Å². The largest absolute Gasteiger partial charge is 0.456 e. The third kappa shape index (κ3) is 3.62. The van der Waals surface area contributed by atoms with Crippen LogP contribution in [0.3, 0.4) is 0 Å². The minimum atomic E-state index is 0.613. The zero-order chi connectivity index (χ0) is 32.9. The molecule has 0 aliphatic carbocycles. The number of hydrogen-bond donors (Lipinski definition) is 0. The van der Waals surface area contributed by atoms with Crippen LogP contribution in [0.4, 0.5) is 5.69 Å². The average Bonchev–Trinajstić information content (AvgIpc) is 3.17. The molecule has 0 amide bonds. The van der Waals surface area contributed by atoms with Crippen LogP contribution in [-0.2, 0) is 0 Å². The van der Waals surface area contributed by atoms with Gasteiger partial charge in [0.25, 0.3) is 0 Å². The Kier molecular flexibility index (Phi) is 5.45. The van der Waals surface area contributed by atoms with Gasteiger partial charge < -0.3 is 9.47 Å².